The van der Waals surface area contributed by atoms with Gasteiger partial charge in [0.1, 0.15) is 5.75 Å². The SMILES string of the molecule is Cc1nc(COc2ccc(C(=O)Nc3nnc(-c4ccccc4Cl)s3)cc2)no1. The van der Waals surface area contributed by atoms with E-state index >= 15 is 0 Å². The number of carbonyl (C=O) groups is 1. The van der Waals surface area contributed by atoms with E-state index in [4.69, 9.17) is 20.9 Å². The Balaban J connectivity index is 1.38. The molecular formula is C19H14ClN5O3S. The largest absolute Gasteiger partial charge is 0.485 e. The van der Waals surface area contributed by atoms with Gasteiger partial charge in [0.2, 0.25) is 16.8 Å². The van der Waals surface area contributed by atoms with Crippen LogP contribution in [0.4, 0.5) is 5.13 Å². The molecule has 0 aliphatic rings. The summed E-state index contributed by atoms with van der Waals surface area (Å²) in [6.07, 6.45) is 0. The highest BCUT2D eigenvalue weighted by Crippen LogP contribution is 2.31. The molecule has 0 aliphatic carbocycles. The number of amides is 1. The fourth-order valence-corrected chi connectivity index (χ4v) is 3.50. The van der Waals surface area contributed by atoms with Gasteiger partial charge in [-0.05, 0) is 30.3 Å². The molecular weight excluding hydrogens is 414 g/mol. The molecule has 0 saturated heterocycles. The Kier molecular flexibility index (Phi) is 5.50. The van der Waals surface area contributed by atoms with Crippen molar-refractivity contribution in [1.82, 2.24) is 20.3 Å². The van der Waals surface area contributed by atoms with Crippen molar-refractivity contribution >= 4 is 34.0 Å². The number of ether oxygens (including phenoxy) is 1. The van der Waals surface area contributed by atoms with Crippen LogP contribution in [-0.4, -0.2) is 26.2 Å². The lowest BCUT2D eigenvalue weighted by atomic mass is 10.2. The molecule has 1 amide bonds. The summed E-state index contributed by atoms with van der Waals surface area (Å²) in [5.41, 5.74) is 1.23. The van der Waals surface area contributed by atoms with Crippen LogP contribution in [-0.2, 0) is 6.61 Å². The lowest BCUT2D eigenvalue weighted by Gasteiger charge is -2.05. The summed E-state index contributed by atoms with van der Waals surface area (Å²) in [4.78, 5) is 16.5. The van der Waals surface area contributed by atoms with Gasteiger partial charge in [0.05, 0.1) is 5.02 Å². The van der Waals surface area contributed by atoms with E-state index in [0.29, 0.717) is 38.2 Å². The van der Waals surface area contributed by atoms with E-state index in [1.165, 1.54) is 11.3 Å². The lowest BCUT2D eigenvalue weighted by Crippen LogP contribution is -2.11. The average molecular weight is 428 g/mol. The van der Waals surface area contributed by atoms with Crippen molar-refractivity contribution < 1.29 is 14.1 Å². The predicted molar refractivity (Wildman–Crippen MR) is 108 cm³/mol. The Hall–Kier alpha value is -3.30. The number of hydrogen-bond donors (Lipinski definition) is 1. The summed E-state index contributed by atoms with van der Waals surface area (Å²) in [5.74, 6) is 1.22. The van der Waals surface area contributed by atoms with E-state index < -0.39 is 0 Å². The average Bonchev–Trinajstić information content (AvgIpc) is 3.36. The summed E-state index contributed by atoms with van der Waals surface area (Å²) in [5, 5.41) is 16.2. The first-order valence-corrected chi connectivity index (χ1v) is 9.70. The van der Waals surface area contributed by atoms with Gasteiger partial charge in [-0.15, -0.1) is 10.2 Å². The number of halogens is 1. The molecule has 0 aliphatic heterocycles. The molecule has 4 aromatic rings. The lowest BCUT2D eigenvalue weighted by molar-refractivity contribution is 0.102. The van der Waals surface area contributed by atoms with E-state index in [1.807, 2.05) is 18.2 Å². The predicted octanol–water partition coefficient (Wildman–Crippen LogP) is 4.38. The maximum Gasteiger partial charge on any atom is 0.257 e. The van der Waals surface area contributed by atoms with Gasteiger partial charge in [-0.2, -0.15) is 4.98 Å². The molecule has 0 fully saturated rings. The highest BCUT2D eigenvalue weighted by Gasteiger charge is 2.13. The standard InChI is InChI=1S/C19H14ClN5O3S/c1-11-21-16(25-28-11)10-27-13-8-6-12(7-9-13)17(26)22-19-24-23-18(29-19)14-4-2-3-5-15(14)20/h2-9H,10H2,1H3,(H,22,24,26). The number of anilines is 1. The van der Waals surface area contributed by atoms with Gasteiger partial charge in [-0.1, -0.05) is 46.3 Å². The third-order valence-corrected chi connectivity index (χ3v) is 5.01. The van der Waals surface area contributed by atoms with Gasteiger partial charge in [0.15, 0.2) is 11.6 Å². The van der Waals surface area contributed by atoms with Crippen molar-refractivity contribution in [2.45, 2.75) is 13.5 Å². The van der Waals surface area contributed by atoms with Crippen molar-refractivity contribution in [3.05, 3.63) is 70.8 Å². The van der Waals surface area contributed by atoms with Crippen molar-refractivity contribution in [1.29, 1.82) is 0 Å². The second-order valence-electron chi connectivity index (χ2n) is 5.89. The minimum atomic E-state index is -0.299. The van der Waals surface area contributed by atoms with Gasteiger partial charge in [0.25, 0.3) is 5.91 Å². The van der Waals surface area contributed by atoms with Gasteiger partial charge < -0.3 is 9.26 Å². The van der Waals surface area contributed by atoms with Crippen LogP contribution in [0.2, 0.25) is 5.02 Å². The van der Waals surface area contributed by atoms with E-state index in [1.54, 1.807) is 37.3 Å². The van der Waals surface area contributed by atoms with Gasteiger partial charge >= 0.3 is 0 Å². The summed E-state index contributed by atoms with van der Waals surface area (Å²) in [6, 6.07) is 14.0. The van der Waals surface area contributed by atoms with Crippen LogP contribution in [0.3, 0.4) is 0 Å². The molecule has 1 N–H and O–H groups in total. The van der Waals surface area contributed by atoms with E-state index in [9.17, 15) is 4.79 Å². The first kappa shape index (κ1) is 19.0. The molecule has 29 heavy (non-hydrogen) atoms. The number of carbonyl (C=O) groups excluding carboxylic acids is 1. The van der Waals surface area contributed by atoms with Crippen molar-refractivity contribution in [3.63, 3.8) is 0 Å². The fraction of sp³-hybridized carbons (Fsp3) is 0.105. The van der Waals surface area contributed by atoms with Crippen molar-refractivity contribution in [2.24, 2.45) is 0 Å². The van der Waals surface area contributed by atoms with Crippen LogP contribution in [0.25, 0.3) is 10.6 Å². The molecule has 0 unspecified atom stereocenters. The number of hydrogen-bond acceptors (Lipinski definition) is 8. The van der Waals surface area contributed by atoms with Crippen molar-refractivity contribution in [2.75, 3.05) is 5.32 Å². The molecule has 4 rings (SSSR count). The fourth-order valence-electron chi connectivity index (χ4n) is 2.44. The first-order valence-electron chi connectivity index (χ1n) is 8.50. The zero-order valence-electron chi connectivity index (χ0n) is 15.1. The zero-order chi connectivity index (χ0) is 20.2. The zero-order valence-corrected chi connectivity index (χ0v) is 16.7. The molecule has 0 spiro atoms. The number of nitrogens with one attached hydrogen (secondary N) is 1. The Morgan fingerprint density at radius 3 is 2.69 bits per heavy atom. The minimum absolute atomic E-state index is 0.179. The van der Waals surface area contributed by atoms with E-state index in [2.05, 4.69) is 25.7 Å². The number of aromatic nitrogens is 4. The van der Waals surface area contributed by atoms with Crippen LogP contribution in [0, 0.1) is 6.92 Å². The summed E-state index contributed by atoms with van der Waals surface area (Å²) in [6.45, 7) is 1.89. The Morgan fingerprint density at radius 1 is 1.17 bits per heavy atom. The molecule has 10 heteroatoms. The summed E-state index contributed by atoms with van der Waals surface area (Å²) >= 11 is 7.43. The van der Waals surface area contributed by atoms with E-state index in [0.717, 1.165) is 5.56 Å². The molecule has 2 heterocycles. The molecule has 0 radical (unpaired) electrons. The highest BCUT2D eigenvalue weighted by molar-refractivity contribution is 7.18. The van der Waals surface area contributed by atoms with Crippen LogP contribution in [0.15, 0.2) is 53.1 Å². The van der Waals surface area contributed by atoms with Gasteiger partial charge in [0, 0.05) is 18.1 Å². The van der Waals surface area contributed by atoms with Crippen molar-refractivity contribution in [3.8, 4) is 16.3 Å². The second-order valence-corrected chi connectivity index (χ2v) is 7.27. The summed E-state index contributed by atoms with van der Waals surface area (Å²) < 4.78 is 10.5. The second kappa shape index (κ2) is 8.38. The number of nitrogens with zero attached hydrogens (tertiary/aromatic N) is 4. The Bertz CT molecular complexity index is 1140. The normalized spacial score (nSPS) is 10.7. The number of rotatable bonds is 6. The highest BCUT2D eigenvalue weighted by atomic mass is 35.5. The van der Waals surface area contributed by atoms with Gasteiger partial charge in [-0.25, -0.2) is 0 Å². The minimum Gasteiger partial charge on any atom is -0.485 e. The smallest absolute Gasteiger partial charge is 0.257 e. The quantitative estimate of drug-likeness (QED) is 0.487. The molecule has 0 saturated carbocycles. The Labute approximate surface area is 174 Å². The molecule has 146 valence electrons. The van der Waals surface area contributed by atoms with E-state index in [-0.39, 0.29) is 12.5 Å². The molecule has 8 nitrogen and oxygen atoms in total. The number of aryl methyl sites for hydroxylation is 1. The molecule has 0 atom stereocenters. The number of benzene rings is 2. The monoisotopic (exact) mass is 427 g/mol. The summed E-state index contributed by atoms with van der Waals surface area (Å²) in [7, 11) is 0. The molecule has 0 bridgehead atoms. The maximum atomic E-state index is 12.4. The molecule has 2 aromatic heterocycles. The third kappa shape index (κ3) is 4.58. The third-order valence-electron chi connectivity index (χ3n) is 3.80. The Morgan fingerprint density at radius 2 is 1.97 bits per heavy atom. The van der Waals surface area contributed by atoms with Gasteiger partial charge in [-0.3, -0.25) is 10.1 Å². The van der Waals surface area contributed by atoms with Crippen LogP contribution in [0.1, 0.15) is 22.1 Å². The first-order chi connectivity index (χ1) is 14.1. The molecule has 2 aromatic carbocycles. The van der Waals surface area contributed by atoms with Crippen LogP contribution in [0.5, 0.6) is 5.75 Å². The van der Waals surface area contributed by atoms with Crippen LogP contribution >= 0.6 is 22.9 Å². The van der Waals surface area contributed by atoms with Crippen LogP contribution < -0.4 is 10.1 Å². The maximum absolute atomic E-state index is 12.4. The topological polar surface area (TPSA) is 103 Å².